The summed E-state index contributed by atoms with van der Waals surface area (Å²) in [5, 5.41) is 7.17. The van der Waals surface area contributed by atoms with Crippen molar-refractivity contribution in [3.63, 3.8) is 0 Å². The number of H-pyrrole nitrogens is 1. The normalized spacial score (nSPS) is 16.9. The third-order valence-electron chi connectivity index (χ3n) is 8.90. The zero-order valence-electron chi connectivity index (χ0n) is 26.0. The molecule has 0 aliphatic carbocycles. The number of aromatic nitrogens is 6. The Bertz CT molecular complexity index is 2230. The van der Waals surface area contributed by atoms with Gasteiger partial charge in [-0.2, -0.15) is 18.3 Å². The largest absolute Gasteiger partial charge is 0.416 e. The highest BCUT2D eigenvalue weighted by atomic mass is 19.4. The maximum Gasteiger partial charge on any atom is 0.416 e. The van der Waals surface area contributed by atoms with E-state index in [2.05, 4.69) is 20.4 Å². The lowest BCUT2D eigenvalue weighted by Crippen LogP contribution is -2.42. The number of hydrogen-bond donors (Lipinski definition) is 2. The number of carbonyl (C=O) groups excluding carboxylic acids is 3. The maximum atomic E-state index is 13.6. The van der Waals surface area contributed by atoms with Crippen molar-refractivity contribution in [3.8, 4) is 11.4 Å². The fourth-order valence-electron chi connectivity index (χ4n) is 6.57. The van der Waals surface area contributed by atoms with Gasteiger partial charge in [0.15, 0.2) is 5.65 Å². The van der Waals surface area contributed by atoms with Gasteiger partial charge in [0.05, 0.1) is 34.5 Å². The monoisotopic (exact) mass is 674 g/mol. The van der Waals surface area contributed by atoms with Crippen molar-refractivity contribution in [2.45, 2.75) is 45.1 Å². The van der Waals surface area contributed by atoms with Crippen LogP contribution in [0.3, 0.4) is 0 Å². The number of imidazole rings is 1. The topological polar surface area (TPSA) is 157 Å². The molecule has 2 aliphatic heterocycles. The number of aromatic amines is 1. The second-order valence-electron chi connectivity index (χ2n) is 12.0. The molecule has 0 radical (unpaired) electrons. The van der Waals surface area contributed by atoms with Crippen LogP contribution in [-0.2, 0) is 24.1 Å². The van der Waals surface area contributed by atoms with Gasteiger partial charge in [-0.1, -0.05) is 31.2 Å². The molecule has 3 aromatic heterocycles. The molecule has 3 amide bonds. The molecule has 2 atom stereocenters. The molecule has 2 aliphatic rings. The van der Waals surface area contributed by atoms with E-state index >= 15 is 0 Å². The van der Waals surface area contributed by atoms with Crippen LogP contribution in [0, 0.1) is 5.92 Å². The van der Waals surface area contributed by atoms with Gasteiger partial charge in [-0.3, -0.25) is 37.9 Å². The molecule has 2 N–H and O–H groups in total. The van der Waals surface area contributed by atoms with Crippen LogP contribution in [0.4, 0.5) is 13.2 Å². The second-order valence-corrected chi connectivity index (χ2v) is 12.0. The van der Waals surface area contributed by atoms with Crippen molar-refractivity contribution in [2.24, 2.45) is 5.92 Å². The Morgan fingerprint density at radius 3 is 2.33 bits per heavy atom. The van der Waals surface area contributed by atoms with Crippen molar-refractivity contribution in [2.75, 3.05) is 13.1 Å². The number of rotatable bonds is 9. The van der Waals surface area contributed by atoms with Gasteiger partial charge in [0.2, 0.25) is 5.91 Å². The molecule has 13 nitrogen and oxygen atoms in total. The quantitative estimate of drug-likeness (QED) is 0.228. The van der Waals surface area contributed by atoms with Crippen molar-refractivity contribution >= 4 is 28.9 Å². The number of nitrogens with zero attached hydrogens (tertiary/aromatic N) is 6. The van der Waals surface area contributed by atoms with Crippen LogP contribution in [-0.4, -0.2) is 64.6 Å². The van der Waals surface area contributed by atoms with Gasteiger partial charge in [-0.25, -0.2) is 9.78 Å². The highest BCUT2D eigenvalue weighted by Gasteiger charge is 2.37. The lowest BCUT2D eigenvalue weighted by molar-refractivity contribution is -0.137. The minimum absolute atomic E-state index is 0.00160. The number of amides is 3. The number of nitrogens with one attached hydrogen (secondary N) is 2. The third kappa shape index (κ3) is 5.52. The van der Waals surface area contributed by atoms with Crippen LogP contribution in [0.15, 0.2) is 70.5 Å². The molecule has 0 bridgehead atoms. The number of benzene rings is 2. The molecule has 0 spiro atoms. The van der Waals surface area contributed by atoms with E-state index in [1.54, 1.807) is 43.5 Å². The first-order valence-corrected chi connectivity index (χ1v) is 15.6. The van der Waals surface area contributed by atoms with E-state index in [4.69, 9.17) is 0 Å². The standard InChI is InChI=1S/C33H29F3N8O5/c1-2-10-43-31(48)25-28(41(32(43)49)11-12-42-29(46)22-8-3-4-9-23(22)30(42)47)40-27(39-25)20-16-38-44(17-20)26(19-14-24(45)37-15-19)18-6-5-7-21(13-18)33(34,35)36/h3-9,13,16-17,19,26H,2,10-12,14-15H2,1H3,(H,37,45)(H,39,40). The van der Waals surface area contributed by atoms with Crippen LogP contribution in [0.25, 0.3) is 22.6 Å². The van der Waals surface area contributed by atoms with Crippen molar-refractivity contribution in [3.05, 3.63) is 104 Å². The molecule has 5 aromatic rings. The van der Waals surface area contributed by atoms with Crippen molar-refractivity contribution < 1.29 is 27.6 Å². The average molecular weight is 675 g/mol. The van der Waals surface area contributed by atoms with Gasteiger partial charge >= 0.3 is 11.9 Å². The molecule has 7 rings (SSSR count). The summed E-state index contributed by atoms with van der Waals surface area (Å²) < 4.78 is 44.6. The molecular weight excluding hydrogens is 645 g/mol. The van der Waals surface area contributed by atoms with E-state index in [1.807, 2.05) is 0 Å². The Morgan fingerprint density at radius 2 is 1.67 bits per heavy atom. The fraction of sp³-hybridized carbons (Fsp3) is 0.303. The summed E-state index contributed by atoms with van der Waals surface area (Å²) in [5.74, 6) is -1.46. The molecule has 1 saturated heterocycles. The second kappa shape index (κ2) is 12.0. The number of fused-ring (bicyclic) bond motifs is 2. The molecule has 5 heterocycles. The summed E-state index contributed by atoms with van der Waals surface area (Å²) in [7, 11) is 0. The van der Waals surface area contributed by atoms with Gasteiger partial charge < -0.3 is 10.3 Å². The van der Waals surface area contributed by atoms with E-state index in [1.165, 1.54) is 21.5 Å². The summed E-state index contributed by atoms with van der Waals surface area (Å²) in [4.78, 5) is 73.8. The van der Waals surface area contributed by atoms with E-state index in [-0.39, 0.29) is 66.6 Å². The third-order valence-corrected chi connectivity index (χ3v) is 8.90. The number of carbonyl (C=O) groups is 3. The van der Waals surface area contributed by atoms with E-state index < -0.39 is 46.8 Å². The van der Waals surface area contributed by atoms with Crippen LogP contribution in [0.5, 0.6) is 0 Å². The number of alkyl halides is 3. The molecule has 0 saturated carbocycles. The first-order chi connectivity index (χ1) is 23.5. The minimum atomic E-state index is -4.58. The highest BCUT2D eigenvalue weighted by Crippen LogP contribution is 2.36. The Kier molecular flexibility index (Phi) is 7.80. The number of imide groups is 1. The van der Waals surface area contributed by atoms with Gasteiger partial charge in [0.25, 0.3) is 17.4 Å². The van der Waals surface area contributed by atoms with E-state index in [0.29, 0.717) is 17.5 Å². The minimum Gasteiger partial charge on any atom is -0.356 e. The van der Waals surface area contributed by atoms with Gasteiger partial charge in [-0.15, -0.1) is 0 Å². The Labute approximate surface area is 275 Å². The smallest absolute Gasteiger partial charge is 0.356 e. The van der Waals surface area contributed by atoms with E-state index in [0.717, 1.165) is 21.6 Å². The Morgan fingerprint density at radius 1 is 0.939 bits per heavy atom. The van der Waals surface area contributed by atoms with Crippen LogP contribution >= 0.6 is 0 Å². The zero-order chi connectivity index (χ0) is 34.6. The predicted octanol–water partition coefficient (Wildman–Crippen LogP) is 3.20. The highest BCUT2D eigenvalue weighted by molar-refractivity contribution is 6.21. The zero-order valence-corrected chi connectivity index (χ0v) is 26.0. The molecule has 16 heteroatoms. The maximum absolute atomic E-state index is 13.6. The van der Waals surface area contributed by atoms with Crippen LogP contribution in [0.1, 0.15) is 57.7 Å². The summed E-state index contributed by atoms with van der Waals surface area (Å²) in [6.07, 6.45) is -1.04. The van der Waals surface area contributed by atoms with Crippen molar-refractivity contribution in [1.82, 2.24) is 39.1 Å². The SMILES string of the molecule is CCCn1c(=O)c2[nH]c(-c3cnn(C(c4cccc(C(F)(F)F)c4)C4CNC(=O)C4)c3)nc2n(CCN2C(=O)c3ccccc3C2=O)c1=O. The predicted molar refractivity (Wildman–Crippen MR) is 169 cm³/mol. The first kappa shape index (κ1) is 31.8. The lowest BCUT2D eigenvalue weighted by Gasteiger charge is -2.24. The molecule has 1 fully saturated rings. The Hall–Kier alpha value is -5.80. The van der Waals surface area contributed by atoms with Gasteiger partial charge in [0.1, 0.15) is 11.3 Å². The summed E-state index contributed by atoms with van der Waals surface area (Å²) >= 11 is 0. The molecular formula is C33H29F3N8O5. The molecule has 2 unspecified atom stereocenters. The van der Waals surface area contributed by atoms with Crippen molar-refractivity contribution in [1.29, 1.82) is 0 Å². The van der Waals surface area contributed by atoms with Gasteiger partial charge in [0, 0.05) is 44.7 Å². The first-order valence-electron chi connectivity index (χ1n) is 15.6. The molecule has 49 heavy (non-hydrogen) atoms. The Balaban J connectivity index is 1.27. The molecule has 2 aromatic carbocycles. The van der Waals surface area contributed by atoms with Gasteiger partial charge in [-0.05, 0) is 36.2 Å². The van der Waals surface area contributed by atoms with Crippen LogP contribution in [0.2, 0.25) is 0 Å². The number of hydrogen-bond acceptors (Lipinski definition) is 7. The fourth-order valence-corrected chi connectivity index (χ4v) is 6.57. The summed E-state index contributed by atoms with van der Waals surface area (Å²) in [6, 6.07) is 10.5. The van der Waals surface area contributed by atoms with E-state index in [9.17, 15) is 37.1 Å². The average Bonchev–Trinajstić information content (AvgIpc) is 3.88. The molecule has 252 valence electrons. The summed E-state index contributed by atoms with van der Waals surface area (Å²) in [6.45, 7) is 1.85. The van der Waals surface area contributed by atoms with Crippen LogP contribution < -0.4 is 16.6 Å². The summed E-state index contributed by atoms with van der Waals surface area (Å²) in [5.41, 5.74) is -0.886. The lowest BCUT2D eigenvalue weighted by atomic mass is 9.91. The number of halogens is 3.